The number of hydrogen-bond acceptors (Lipinski definition) is 8. The van der Waals surface area contributed by atoms with E-state index in [1.54, 1.807) is 36.3 Å². The Kier molecular flexibility index (Phi) is 5.76. The standard InChI is InChI=1S/C25H22N8O2/c1-33-12-9-18(32-33)22-21(16-7-8-17-15(13-16)5-3-10-27-17)30-23(24(26)31-22)25(34)29-14-19-20(35-2)6-4-11-28-19/h3-13H,14H2,1-2H3,(H2,26,31)(H,29,34). The molecule has 5 rings (SSSR count). The lowest BCUT2D eigenvalue weighted by Gasteiger charge is -2.13. The topological polar surface area (TPSA) is 134 Å². The van der Waals surface area contributed by atoms with Crippen molar-refractivity contribution in [3.63, 3.8) is 0 Å². The van der Waals surface area contributed by atoms with Gasteiger partial charge < -0.3 is 15.8 Å². The maximum absolute atomic E-state index is 13.1. The zero-order chi connectivity index (χ0) is 24.4. The molecule has 10 heteroatoms. The van der Waals surface area contributed by atoms with Crippen LogP contribution in [0.2, 0.25) is 0 Å². The molecule has 3 N–H and O–H groups in total. The third kappa shape index (κ3) is 4.36. The Hall–Kier alpha value is -4.86. The summed E-state index contributed by atoms with van der Waals surface area (Å²) < 4.78 is 6.97. The molecule has 5 aromatic rings. The highest BCUT2D eigenvalue weighted by Crippen LogP contribution is 2.31. The lowest BCUT2D eigenvalue weighted by Crippen LogP contribution is -2.26. The zero-order valence-corrected chi connectivity index (χ0v) is 19.1. The summed E-state index contributed by atoms with van der Waals surface area (Å²) in [4.78, 5) is 30.9. The number of anilines is 1. The van der Waals surface area contributed by atoms with Gasteiger partial charge in [0.05, 0.1) is 24.9 Å². The maximum atomic E-state index is 13.1. The molecule has 0 fully saturated rings. The highest BCUT2D eigenvalue weighted by atomic mass is 16.5. The number of aryl methyl sites for hydroxylation is 1. The van der Waals surface area contributed by atoms with E-state index in [2.05, 4.69) is 30.4 Å². The highest BCUT2D eigenvalue weighted by molar-refractivity contribution is 5.98. The molecule has 0 atom stereocenters. The number of ether oxygens (including phenoxy) is 1. The van der Waals surface area contributed by atoms with E-state index in [1.807, 2.05) is 49.6 Å². The summed E-state index contributed by atoms with van der Waals surface area (Å²) >= 11 is 0. The number of aromatic nitrogens is 6. The second kappa shape index (κ2) is 9.18. The monoisotopic (exact) mass is 466 g/mol. The molecule has 0 aliphatic rings. The molecule has 1 aromatic carbocycles. The molecule has 0 aliphatic heterocycles. The number of nitrogens with zero attached hydrogens (tertiary/aromatic N) is 6. The quantitative estimate of drug-likeness (QED) is 0.390. The van der Waals surface area contributed by atoms with Gasteiger partial charge in [-0.3, -0.25) is 19.4 Å². The lowest BCUT2D eigenvalue weighted by molar-refractivity contribution is 0.0946. The average Bonchev–Trinajstić information content (AvgIpc) is 3.33. The predicted molar refractivity (Wildman–Crippen MR) is 131 cm³/mol. The molecular formula is C25H22N8O2. The maximum Gasteiger partial charge on any atom is 0.274 e. The minimum atomic E-state index is -0.473. The fourth-order valence-electron chi connectivity index (χ4n) is 3.75. The predicted octanol–water partition coefficient (Wildman–Crippen LogP) is 3.01. The van der Waals surface area contributed by atoms with Crippen molar-refractivity contribution in [3.8, 4) is 28.4 Å². The first-order valence-electron chi connectivity index (χ1n) is 10.8. The second-order valence-electron chi connectivity index (χ2n) is 7.78. The van der Waals surface area contributed by atoms with Crippen molar-refractivity contribution in [2.45, 2.75) is 6.54 Å². The Labute approximate surface area is 200 Å². The van der Waals surface area contributed by atoms with Crippen LogP contribution in [0, 0.1) is 0 Å². The SMILES string of the molecule is COc1cccnc1CNC(=O)c1nc(-c2ccc3ncccc3c2)c(-c2ccn(C)n2)nc1N. The van der Waals surface area contributed by atoms with Crippen LogP contribution in [0.25, 0.3) is 33.5 Å². The van der Waals surface area contributed by atoms with Gasteiger partial charge in [0.2, 0.25) is 0 Å². The van der Waals surface area contributed by atoms with Crippen LogP contribution >= 0.6 is 0 Å². The van der Waals surface area contributed by atoms with Crippen LogP contribution in [-0.2, 0) is 13.6 Å². The van der Waals surface area contributed by atoms with Crippen molar-refractivity contribution in [1.82, 2.24) is 35.0 Å². The lowest BCUT2D eigenvalue weighted by atomic mass is 10.0. The van der Waals surface area contributed by atoms with Gasteiger partial charge in [-0.1, -0.05) is 12.1 Å². The summed E-state index contributed by atoms with van der Waals surface area (Å²) in [6, 6.07) is 14.9. The Morgan fingerprint density at radius 3 is 2.69 bits per heavy atom. The van der Waals surface area contributed by atoms with Gasteiger partial charge >= 0.3 is 0 Å². The number of pyridine rings is 2. The van der Waals surface area contributed by atoms with E-state index in [4.69, 9.17) is 10.5 Å². The summed E-state index contributed by atoms with van der Waals surface area (Å²) in [6.45, 7) is 0.142. The molecule has 0 spiro atoms. The smallest absolute Gasteiger partial charge is 0.274 e. The molecule has 0 bridgehead atoms. The molecule has 0 unspecified atom stereocenters. The highest BCUT2D eigenvalue weighted by Gasteiger charge is 2.21. The van der Waals surface area contributed by atoms with Crippen molar-refractivity contribution < 1.29 is 9.53 Å². The van der Waals surface area contributed by atoms with Gasteiger partial charge in [-0.2, -0.15) is 5.10 Å². The fraction of sp³-hybridized carbons (Fsp3) is 0.120. The normalized spacial score (nSPS) is 10.9. The first kappa shape index (κ1) is 22.0. The molecular weight excluding hydrogens is 444 g/mol. The minimum Gasteiger partial charge on any atom is -0.495 e. The van der Waals surface area contributed by atoms with E-state index < -0.39 is 5.91 Å². The van der Waals surface area contributed by atoms with Gasteiger partial charge in [0.15, 0.2) is 11.5 Å². The molecule has 0 aliphatic carbocycles. The number of rotatable bonds is 6. The second-order valence-corrected chi connectivity index (χ2v) is 7.78. The molecule has 0 saturated heterocycles. The van der Waals surface area contributed by atoms with Gasteiger partial charge in [-0.15, -0.1) is 0 Å². The number of methoxy groups -OCH3 is 1. The van der Waals surface area contributed by atoms with Gasteiger partial charge in [-0.05, 0) is 36.4 Å². The van der Waals surface area contributed by atoms with Crippen LogP contribution in [0.5, 0.6) is 5.75 Å². The summed E-state index contributed by atoms with van der Waals surface area (Å²) in [5.41, 5.74) is 9.99. The number of benzene rings is 1. The Morgan fingerprint density at radius 1 is 1.06 bits per heavy atom. The third-order valence-corrected chi connectivity index (χ3v) is 5.46. The summed E-state index contributed by atoms with van der Waals surface area (Å²) in [6.07, 6.45) is 5.18. The summed E-state index contributed by atoms with van der Waals surface area (Å²) in [7, 11) is 3.36. The third-order valence-electron chi connectivity index (χ3n) is 5.46. The summed E-state index contributed by atoms with van der Waals surface area (Å²) in [5, 5.41) is 8.21. The van der Waals surface area contributed by atoms with Crippen LogP contribution < -0.4 is 15.8 Å². The van der Waals surface area contributed by atoms with Crippen LogP contribution in [0.1, 0.15) is 16.2 Å². The summed E-state index contributed by atoms with van der Waals surface area (Å²) in [5.74, 6) is 0.101. The molecule has 4 aromatic heterocycles. The Morgan fingerprint density at radius 2 is 1.89 bits per heavy atom. The largest absolute Gasteiger partial charge is 0.495 e. The van der Waals surface area contributed by atoms with E-state index in [0.717, 1.165) is 16.5 Å². The molecule has 10 nitrogen and oxygen atoms in total. The molecule has 174 valence electrons. The molecule has 0 saturated carbocycles. The molecule has 35 heavy (non-hydrogen) atoms. The van der Waals surface area contributed by atoms with Gasteiger partial charge in [0, 0.05) is 36.6 Å². The number of fused-ring (bicyclic) bond motifs is 1. The number of nitrogen functional groups attached to an aromatic ring is 1. The number of carbonyl (C=O) groups is 1. The van der Waals surface area contributed by atoms with Crippen molar-refractivity contribution in [1.29, 1.82) is 0 Å². The first-order valence-corrected chi connectivity index (χ1v) is 10.8. The number of carbonyl (C=O) groups excluding carboxylic acids is 1. The van der Waals surface area contributed by atoms with E-state index in [-0.39, 0.29) is 18.1 Å². The average molecular weight is 467 g/mol. The van der Waals surface area contributed by atoms with Gasteiger partial charge in [-0.25, -0.2) is 9.97 Å². The minimum absolute atomic E-state index is 0.00217. The molecule has 4 heterocycles. The van der Waals surface area contributed by atoms with Crippen LogP contribution in [-0.4, -0.2) is 42.7 Å². The fourth-order valence-corrected chi connectivity index (χ4v) is 3.75. The van der Waals surface area contributed by atoms with E-state index in [0.29, 0.717) is 28.5 Å². The van der Waals surface area contributed by atoms with Crippen molar-refractivity contribution >= 4 is 22.6 Å². The van der Waals surface area contributed by atoms with Crippen molar-refractivity contribution in [2.75, 3.05) is 12.8 Å². The number of amides is 1. The van der Waals surface area contributed by atoms with Crippen LogP contribution in [0.15, 0.2) is 67.1 Å². The van der Waals surface area contributed by atoms with Gasteiger partial charge in [0.25, 0.3) is 5.91 Å². The van der Waals surface area contributed by atoms with E-state index in [9.17, 15) is 4.79 Å². The van der Waals surface area contributed by atoms with Crippen LogP contribution in [0.4, 0.5) is 5.82 Å². The number of nitrogens with one attached hydrogen (secondary N) is 1. The van der Waals surface area contributed by atoms with E-state index >= 15 is 0 Å². The first-order chi connectivity index (χ1) is 17.0. The Bertz CT molecular complexity index is 1550. The number of nitrogens with two attached hydrogens (primary N) is 1. The van der Waals surface area contributed by atoms with Gasteiger partial charge in [0.1, 0.15) is 22.8 Å². The van der Waals surface area contributed by atoms with Crippen molar-refractivity contribution in [3.05, 3.63) is 78.5 Å². The Balaban J connectivity index is 1.56. The van der Waals surface area contributed by atoms with Crippen LogP contribution in [0.3, 0.4) is 0 Å². The molecule has 1 amide bonds. The molecule has 0 radical (unpaired) electrons. The zero-order valence-electron chi connectivity index (χ0n) is 19.1. The number of hydrogen-bond donors (Lipinski definition) is 2. The van der Waals surface area contributed by atoms with E-state index in [1.165, 1.54) is 0 Å². The van der Waals surface area contributed by atoms with Crippen molar-refractivity contribution in [2.24, 2.45) is 7.05 Å².